The van der Waals surface area contributed by atoms with Crippen LogP contribution in [0, 0.1) is 0 Å². The summed E-state index contributed by atoms with van der Waals surface area (Å²) in [5.74, 6) is 0.980. The Labute approximate surface area is 116 Å². The number of carbonyl (C=O) groups is 1. The molecule has 0 unspecified atom stereocenters. The van der Waals surface area contributed by atoms with Crippen molar-refractivity contribution in [3.05, 3.63) is 41.5 Å². The number of carboxylic acids is 1. The monoisotopic (exact) mass is 276 g/mol. The zero-order valence-corrected chi connectivity index (χ0v) is 11.6. The second-order valence-corrected chi connectivity index (χ2v) is 4.29. The number of benzene rings is 1. The number of imidazole rings is 1. The molecule has 1 aromatic carbocycles. The van der Waals surface area contributed by atoms with Gasteiger partial charge in [0.25, 0.3) is 0 Å². The van der Waals surface area contributed by atoms with Gasteiger partial charge in [-0.05, 0) is 17.7 Å². The Hall–Kier alpha value is -2.50. The molecule has 0 atom stereocenters. The van der Waals surface area contributed by atoms with Gasteiger partial charge in [0.2, 0.25) is 0 Å². The van der Waals surface area contributed by atoms with Gasteiger partial charge < -0.3 is 19.1 Å². The standard InChI is InChI=1S/C14H16N2O4/c1-16-10(14(17)18)8-15-13(16)7-9-4-5-11(19-2)12(6-9)20-3/h4-6,8H,7H2,1-3H3,(H,17,18). The van der Waals surface area contributed by atoms with E-state index < -0.39 is 5.97 Å². The molecule has 0 aliphatic rings. The van der Waals surface area contributed by atoms with Crippen LogP contribution in [-0.4, -0.2) is 34.8 Å². The number of hydrogen-bond acceptors (Lipinski definition) is 4. The highest BCUT2D eigenvalue weighted by molar-refractivity contribution is 5.85. The summed E-state index contributed by atoms with van der Waals surface area (Å²) in [6.45, 7) is 0. The molecule has 0 fully saturated rings. The van der Waals surface area contributed by atoms with Crippen LogP contribution in [-0.2, 0) is 13.5 Å². The quantitative estimate of drug-likeness (QED) is 0.900. The SMILES string of the molecule is COc1ccc(Cc2ncc(C(=O)O)n2C)cc1OC. The predicted octanol–water partition coefficient (Wildman–Crippen LogP) is 1.73. The number of rotatable bonds is 5. The molecule has 1 heterocycles. The Balaban J connectivity index is 2.28. The van der Waals surface area contributed by atoms with E-state index in [1.807, 2.05) is 18.2 Å². The molecule has 20 heavy (non-hydrogen) atoms. The Morgan fingerprint density at radius 1 is 1.30 bits per heavy atom. The van der Waals surface area contributed by atoms with Crippen molar-refractivity contribution >= 4 is 5.97 Å². The van der Waals surface area contributed by atoms with Gasteiger partial charge >= 0.3 is 5.97 Å². The van der Waals surface area contributed by atoms with Crippen LogP contribution in [0.15, 0.2) is 24.4 Å². The first-order chi connectivity index (χ1) is 9.56. The van der Waals surface area contributed by atoms with E-state index >= 15 is 0 Å². The maximum absolute atomic E-state index is 11.0. The number of aromatic nitrogens is 2. The minimum atomic E-state index is -0.987. The summed E-state index contributed by atoms with van der Waals surface area (Å²) in [5, 5.41) is 9.00. The van der Waals surface area contributed by atoms with Crippen LogP contribution in [0.3, 0.4) is 0 Å². The molecule has 2 rings (SSSR count). The van der Waals surface area contributed by atoms with Gasteiger partial charge in [-0.15, -0.1) is 0 Å². The Morgan fingerprint density at radius 3 is 2.55 bits per heavy atom. The van der Waals surface area contributed by atoms with Crippen LogP contribution in [0.25, 0.3) is 0 Å². The van der Waals surface area contributed by atoms with Gasteiger partial charge in [-0.25, -0.2) is 9.78 Å². The smallest absolute Gasteiger partial charge is 0.354 e. The van der Waals surface area contributed by atoms with Crippen molar-refractivity contribution in [2.45, 2.75) is 6.42 Å². The Morgan fingerprint density at radius 2 is 2.00 bits per heavy atom. The van der Waals surface area contributed by atoms with Gasteiger partial charge in [0.1, 0.15) is 11.5 Å². The Kier molecular flexibility index (Phi) is 3.93. The van der Waals surface area contributed by atoms with E-state index in [0.717, 1.165) is 5.56 Å². The molecule has 0 bridgehead atoms. The first kappa shape index (κ1) is 13.9. The van der Waals surface area contributed by atoms with Crippen LogP contribution in [0.5, 0.6) is 11.5 Å². The largest absolute Gasteiger partial charge is 0.493 e. The second-order valence-electron chi connectivity index (χ2n) is 4.29. The molecular formula is C14H16N2O4. The van der Waals surface area contributed by atoms with Crippen LogP contribution >= 0.6 is 0 Å². The molecule has 0 saturated heterocycles. The number of ether oxygens (including phenoxy) is 2. The number of aromatic carboxylic acids is 1. The van der Waals surface area contributed by atoms with Crippen LogP contribution in [0.1, 0.15) is 21.9 Å². The van der Waals surface area contributed by atoms with Gasteiger partial charge in [-0.2, -0.15) is 0 Å². The van der Waals surface area contributed by atoms with Crippen LogP contribution < -0.4 is 9.47 Å². The maximum atomic E-state index is 11.0. The molecule has 0 radical (unpaired) electrons. The average molecular weight is 276 g/mol. The third kappa shape index (κ3) is 2.59. The highest BCUT2D eigenvalue weighted by Gasteiger charge is 2.13. The van der Waals surface area contributed by atoms with Gasteiger partial charge in [-0.1, -0.05) is 6.07 Å². The normalized spacial score (nSPS) is 10.3. The molecule has 6 nitrogen and oxygen atoms in total. The summed E-state index contributed by atoms with van der Waals surface area (Å²) in [6.07, 6.45) is 1.88. The molecule has 0 amide bonds. The van der Waals surface area contributed by atoms with Crippen molar-refractivity contribution in [2.75, 3.05) is 14.2 Å². The zero-order chi connectivity index (χ0) is 14.7. The van der Waals surface area contributed by atoms with Crippen LogP contribution in [0.4, 0.5) is 0 Å². The summed E-state index contributed by atoms with van der Waals surface area (Å²) in [6, 6.07) is 5.57. The fraction of sp³-hybridized carbons (Fsp3) is 0.286. The lowest BCUT2D eigenvalue weighted by Gasteiger charge is -2.09. The van der Waals surface area contributed by atoms with Crippen molar-refractivity contribution in [1.29, 1.82) is 0 Å². The Bertz CT molecular complexity index is 634. The van der Waals surface area contributed by atoms with E-state index in [1.54, 1.807) is 25.8 Å². The topological polar surface area (TPSA) is 73.6 Å². The number of carboxylic acid groups (broad SMARTS) is 1. The van der Waals surface area contributed by atoms with Crippen molar-refractivity contribution < 1.29 is 19.4 Å². The van der Waals surface area contributed by atoms with Gasteiger partial charge in [0.05, 0.1) is 20.4 Å². The van der Waals surface area contributed by atoms with Crippen molar-refractivity contribution in [3.8, 4) is 11.5 Å². The van der Waals surface area contributed by atoms with E-state index in [2.05, 4.69) is 4.98 Å². The molecular weight excluding hydrogens is 260 g/mol. The number of nitrogens with zero attached hydrogens (tertiary/aromatic N) is 2. The molecule has 0 aliphatic carbocycles. The predicted molar refractivity (Wildman–Crippen MR) is 72.5 cm³/mol. The maximum Gasteiger partial charge on any atom is 0.354 e. The van der Waals surface area contributed by atoms with E-state index in [9.17, 15) is 4.79 Å². The molecule has 2 aromatic rings. The van der Waals surface area contributed by atoms with Gasteiger partial charge in [-0.3, -0.25) is 0 Å². The molecule has 106 valence electrons. The fourth-order valence-corrected chi connectivity index (χ4v) is 1.98. The van der Waals surface area contributed by atoms with Crippen molar-refractivity contribution in [3.63, 3.8) is 0 Å². The van der Waals surface area contributed by atoms with Gasteiger partial charge in [0.15, 0.2) is 11.5 Å². The summed E-state index contributed by atoms with van der Waals surface area (Å²) in [5.41, 5.74) is 1.13. The highest BCUT2D eigenvalue weighted by Crippen LogP contribution is 2.28. The number of methoxy groups -OCH3 is 2. The molecule has 1 aromatic heterocycles. The van der Waals surface area contributed by atoms with E-state index in [4.69, 9.17) is 14.6 Å². The van der Waals surface area contributed by atoms with E-state index in [0.29, 0.717) is 23.7 Å². The lowest BCUT2D eigenvalue weighted by molar-refractivity contribution is 0.0686. The minimum absolute atomic E-state index is 0.167. The number of hydrogen-bond donors (Lipinski definition) is 1. The molecule has 0 saturated carbocycles. The molecule has 0 aliphatic heterocycles. The molecule has 1 N–H and O–H groups in total. The van der Waals surface area contributed by atoms with E-state index in [-0.39, 0.29) is 5.69 Å². The first-order valence-corrected chi connectivity index (χ1v) is 6.01. The van der Waals surface area contributed by atoms with Crippen molar-refractivity contribution in [1.82, 2.24) is 9.55 Å². The molecule has 0 spiro atoms. The second kappa shape index (κ2) is 5.64. The summed E-state index contributed by atoms with van der Waals surface area (Å²) >= 11 is 0. The first-order valence-electron chi connectivity index (χ1n) is 6.01. The summed E-state index contributed by atoms with van der Waals surface area (Å²) in [4.78, 5) is 15.1. The molecule has 6 heteroatoms. The third-order valence-corrected chi connectivity index (χ3v) is 3.11. The average Bonchev–Trinajstić information content (AvgIpc) is 2.80. The summed E-state index contributed by atoms with van der Waals surface area (Å²) in [7, 11) is 4.84. The van der Waals surface area contributed by atoms with Crippen LogP contribution in [0.2, 0.25) is 0 Å². The van der Waals surface area contributed by atoms with Gasteiger partial charge in [0, 0.05) is 13.5 Å². The third-order valence-electron chi connectivity index (χ3n) is 3.11. The van der Waals surface area contributed by atoms with E-state index in [1.165, 1.54) is 6.20 Å². The highest BCUT2D eigenvalue weighted by atomic mass is 16.5. The minimum Gasteiger partial charge on any atom is -0.493 e. The van der Waals surface area contributed by atoms with Crippen molar-refractivity contribution in [2.24, 2.45) is 7.05 Å². The zero-order valence-electron chi connectivity index (χ0n) is 11.6. The lowest BCUT2D eigenvalue weighted by Crippen LogP contribution is -2.07. The lowest BCUT2D eigenvalue weighted by atomic mass is 10.1. The fourth-order valence-electron chi connectivity index (χ4n) is 1.98. The summed E-state index contributed by atoms with van der Waals surface area (Å²) < 4.78 is 12.0.